The fourth-order valence-corrected chi connectivity index (χ4v) is 4.51. The van der Waals surface area contributed by atoms with E-state index < -0.39 is 10.0 Å². The van der Waals surface area contributed by atoms with Crippen molar-refractivity contribution < 1.29 is 8.42 Å². The number of hydrogen-bond acceptors (Lipinski definition) is 2. The van der Waals surface area contributed by atoms with E-state index in [0.717, 1.165) is 33.5 Å². The summed E-state index contributed by atoms with van der Waals surface area (Å²) in [6.07, 6.45) is 0. The van der Waals surface area contributed by atoms with Crippen LogP contribution in [-0.4, -0.2) is 8.42 Å². The summed E-state index contributed by atoms with van der Waals surface area (Å²) in [6.45, 7) is 8.24. The molecule has 0 aliphatic rings. The Labute approximate surface area is 162 Å². The Bertz CT molecular complexity index is 1040. The van der Waals surface area contributed by atoms with E-state index >= 15 is 0 Å². The van der Waals surface area contributed by atoms with Crippen molar-refractivity contribution in [2.45, 2.75) is 39.1 Å². The summed E-state index contributed by atoms with van der Waals surface area (Å²) in [5.41, 5.74) is 5.90. The molecule has 0 unspecified atom stereocenters. The van der Waals surface area contributed by atoms with Gasteiger partial charge < -0.3 is 0 Å². The third-order valence-corrected chi connectivity index (χ3v) is 6.67. The maximum atomic E-state index is 13.5. The Balaban J connectivity index is 2.13. The molecule has 0 spiro atoms. The van der Waals surface area contributed by atoms with E-state index in [2.05, 4.69) is 0 Å². The van der Waals surface area contributed by atoms with Crippen LogP contribution in [0.2, 0.25) is 0 Å². The van der Waals surface area contributed by atoms with Crippen LogP contribution in [-0.2, 0) is 16.6 Å². The zero-order valence-corrected chi connectivity index (χ0v) is 17.0. The molecule has 3 nitrogen and oxygen atoms in total. The lowest BCUT2D eigenvalue weighted by Crippen LogP contribution is -2.31. The van der Waals surface area contributed by atoms with Gasteiger partial charge in [0.25, 0.3) is 10.0 Å². The van der Waals surface area contributed by atoms with Gasteiger partial charge in [0, 0.05) is 0 Å². The van der Waals surface area contributed by atoms with Gasteiger partial charge in [0.2, 0.25) is 0 Å². The van der Waals surface area contributed by atoms with Gasteiger partial charge in [0.1, 0.15) is 0 Å². The van der Waals surface area contributed by atoms with Gasteiger partial charge in [-0.25, -0.2) is 8.42 Å². The second-order valence-electron chi connectivity index (χ2n) is 7.03. The standard InChI is InChI=1S/C23H25NO2S/c1-17-8-12-21(13-9-17)16-24(23-7-5-6-19(3)20(23)4)27(25,26)22-14-10-18(2)11-15-22/h5-15H,16H2,1-4H3. The molecule has 3 rings (SSSR count). The third-order valence-electron chi connectivity index (χ3n) is 4.90. The van der Waals surface area contributed by atoms with Gasteiger partial charge >= 0.3 is 0 Å². The number of rotatable bonds is 5. The lowest BCUT2D eigenvalue weighted by Gasteiger charge is -2.27. The minimum atomic E-state index is -3.69. The smallest absolute Gasteiger partial charge is 0.262 e. The molecule has 0 aliphatic heterocycles. The van der Waals surface area contributed by atoms with Gasteiger partial charge in [-0.1, -0.05) is 59.7 Å². The zero-order valence-electron chi connectivity index (χ0n) is 16.2. The molecule has 0 bridgehead atoms. The molecule has 140 valence electrons. The minimum Gasteiger partial charge on any atom is -0.262 e. The summed E-state index contributed by atoms with van der Waals surface area (Å²) in [7, 11) is -3.69. The summed E-state index contributed by atoms with van der Waals surface area (Å²) >= 11 is 0. The monoisotopic (exact) mass is 379 g/mol. The fourth-order valence-electron chi connectivity index (χ4n) is 3.00. The minimum absolute atomic E-state index is 0.292. The van der Waals surface area contributed by atoms with Gasteiger partial charge in [-0.3, -0.25) is 4.31 Å². The summed E-state index contributed by atoms with van der Waals surface area (Å²) < 4.78 is 28.5. The first-order valence-corrected chi connectivity index (χ1v) is 10.4. The van der Waals surface area contributed by atoms with Crippen LogP contribution in [0.25, 0.3) is 0 Å². The maximum Gasteiger partial charge on any atom is 0.264 e. The Kier molecular flexibility index (Phi) is 5.38. The molecule has 0 atom stereocenters. The highest BCUT2D eigenvalue weighted by atomic mass is 32.2. The predicted octanol–water partition coefficient (Wildman–Crippen LogP) is 5.32. The van der Waals surface area contributed by atoms with Crippen molar-refractivity contribution in [1.29, 1.82) is 0 Å². The molecule has 0 aromatic heterocycles. The van der Waals surface area contributed by atoms with Crippen LogP contribution in [0, 0.1) is 27.7 Å². The Morgan fingerprint density at radius 1 is 0.741 bits per heavy atom. The van der Waals surface area contributed by atoms with Crippen LogP contribution in [0.15, 0.2) is 71.6 Å². The molecule has 0 heterocycles. The van der Waals surface area contributed by atoms with Gasteiger partial charge in [0.05, 0.1) is 17.1 Å². The molecule has 27 heavy (non-hydrogen) atoms. The molecule has 0 saturated carbocycles. The SMILES string of the molecule is Cc1ccc(CN(c2cccc(C)c2C)S(=O)(=O)c2ccc(C)cc2)cc1. The molecule has 3 aromatic rings. The lowest BCUT2D eigenvalue weighted by molar-refractivity contribution is 0.590. The fraction of sp³-hybridized carbons (Fsp3) is 0.217. The molecule has 0 aliphatic carbocycles. The second-order valence-corrected chi connectivity index (χ2v) is 8.89. The van der Waals surface area contributed by atoms with Gasteiger partial charge in [-0.05, 0) is 62.6 Å². The summed E-state index contributed by atoms with van der Waals surface area (Å²) in [6, 6.07) is 20.8. The molecule has 4 heteroatoms. The summed E-state index contributed by atoms with van der Waals surface area (Å²) in [5.74, 6) is 0. The highest BCUT2D eigenvalue weighted by Gasteiger charge is 2.26. The average Bonchev–Trinajstić information content (AvgIpc) is 2.64. The van der Waals surface area contributed by atoms with Crippen molar-refractivity contribution in [3.05, 3.63) is 94.5 Å². The highest BCUT2D eigenvalue weighted by molar-refractivity contribution is 7.92. The van der Waals surface area contributed by atoms with Crippen molar-refractivity contribution >= 4 is 15.7 Å². The molecule has 0 amide bonds. The largest absolute Gasteiger partial charge is 0.264 e. The normalized spacial score (nSPS) is 11.4. The molecular weight excluding hydrogens is 354 g/mol. The number of anilines is 1. The van der Waals surface area contributed by atoms with E-state index in [1.165, 1.54) is 4.31 Å². The van der Waals surface area contributed by atoms with Crippen LogP contribution >= 0.6 is 0 Å². The Hall–Kier alpha value is -2.59. The second kappa shape index (κ2) is 7.57. The molecule has 0 N–H and O–H groups in total. The number of aryl methyl sites for hydroxylation is 3. The topological polar surface area (TPSA) is 37.4 Å². The van der Waals surface area contributed by atoms with E-state index in [4.69, 9.17) is 0 Å². The first kappa shape index (κ1) is 19.2. The van der Waals surface area contributed by atoms with Crippen molar-refractivity contribution in [2.24, 2.45) is 0 Å². The lowest BCUT2D eigenvalue weighted by atomic mass is 10.1. The van der Waals surface area contributed by atoms with Crippen molar-refractivity contribution in [3.63, 3.8) is 0 Å². The van der Waals surface area contributed by atoms with Crippen molar-refractivity contribution in [2.75, 3.05) is 4.31 Å². The average molecular weight is 380 g/mol. The molecule has 0 saturated heterocycles. The molecule has 0 fully saturated rings. The van der Waals surface area contributed by atoms with E-state index in [1.54, 1.807) is 12.1 Å². The number of nitrogens with zero attached hydrogens (tertiary/aromatic N) is 1. The third kappa shape index (κ3) is 4.06. The number of sulfonamides is 1. The van der Waals surface area contributed by atoms with Crippen molar-refractivity contribution in [1.82, 2.24) is 0 Å². The van der Waals surface area contributed by atoms with Crippen LogP contribution in [0.5, 0.6) is 0 Å². The number of hydrogen-bond donors (Lipinski definition) is 0. The first-order chi connectivity index (χ1) is 12.8. The van der Waals surface area contributed by atoms with Crippen LogP contribution in [0.1, 0.15) is 27.8 Å². The zero-order chi connectivity index (χ0) is 19.6. The van der Waals surface area contributed by atoms with E-state index in [-0.39, 0.29) is 0 Å². The summed E-state index contributed by atoms with van der Waals surface area (Å²) in [5, 5.41) is 0. The summed E-state index contributed by atoms with van der Waals surface area (Å²) in [4.78, 5) is 0.307. The highest BCUT2D eigenvalue weighted by Crippen LogP contribution is 2.30. The Morgan fingerprint density at radius 2 is 1.30 bits per heavy atom. The van der Waals surface area contributed by atoms with Crippen LogP contribution < -0.4 is 4.31 Å². The molecular formula is C23H25NO2S. The molecule has 3 aromatic carbocycles. The maximum absolute atomic E-state index is 13.5. The molecule has 0 radical (unpaired) electrons. The van der Waals surface area contributed by atoms with E-state index in [1.807, 2.05) is 82.3 Å². The van der Waals surface area contributed by atoms with Crippen LogP contribution in [0.4, 0.5) is 5.69 Å². The predicted molar refractivity (Wildman–Crippen MR) is 112 cm³/mol. The van der Waals surface area contributed by atoms with E-state index in [9.17, 15) is 8.42 Å². The first-order valence-electron chi connectivity index (χ1n) is 9.00. The number of benzene rings is 3. The van der Waals surface area contributed by atoms with Gasteiger partial charge in [-0.15, -0.1) is 0 Å². The van der Waals surface area contributed by atoms with Crippen LogP contribution in [0.3, 0.4) is 0 Å². The van der Waals surface area contributed by atoms with Gasteiger partial charge in [0.15, 0.2) is 0 Å². The quantitative estimate of drug-likeness (QED) is 0.602. The van der Waals surface area contributed by atoms with Gasteiger partial charge in [-0.2, -0.15) is 0 Å². The van der Waals surface area contributed by atoms with E-state index in [0.29, 0.717) is 11.4 Å². The van der Waals surface area contributed by atoms with Crippen molar-refractivity contribution in [3.8, 4) is 0 Å². The Morgan fingerprint density at radius 3 is 1.89 bits per heavy atom.